The highest BCUT2D eigenvalue weighted by Gasteiger charge is 2.40. The number of ether oxygens (including phenoxy) is 1. The number of aromatic amines is 1. The summed E-state index contributed by atoms with van der Waals surface area (Å²) in [5.74, 6) is -0.0332. The van der Waals surface area contributed by atoms with Crippen molar-refractivity contribution in [1.29, 1.82) is 0 Å². The van der Waals surface area contributed by atoms with Crippen molar-refractivity contribution in [2.45, 2.75) is 44.9 Å². The van der Waals surface area contributed by atoms with Crippen LogP contribution in [-0.2, 0) is 11.3 Å². The van der Waals surface area contributed by atoms with Crippen LogP contribution in [0.5, 0.6) is 5.88 Å². The first-order chi connectivity index (χ1) is 18.7. The minimum absolute atomic E-state index is 0.153. The monoisotopic (exact) mass is 550 g/mol. The first kappa shape index (κ1) is 26.6. The highest BCUT2D eigenvalue weighted by atomic mass is 32.1. The van der Waals surface area contributed by atoms with Crippen LogP contribution in [0.3, 0.4) is 0 Å². The molecule has 1 saturated heterocycles. The van der Waals surface area contributed by atoms with E-state index in [1.807, 2.05) is 36.7 Å². The van der Waals surface area contributed by atoms with Crippen LogP contribution in [0.15, 0.2) is 46.6 Å². The van der Waals surface area contributed by atoms with Crippen LogP contribution in [0.4, 0.5) is 0 Å². The number of imidazole rings is 1. The molecule has 3 aromatic heterocycles. The van der Waals surface area contributed by atoms with Gasteiger partial charge in [-0.3, -0.25) is 9.59 Å². The number of carbonyl (C=O) groups is 2. The molecule has 0 aliphatic carbocycles. The Hall–Kier alpha value is -4.03. The van der Waals surface area contributed by atoms with Crippen LogP contribution in [0.2, 0.25) is 0 Å². The van der Waals surface area contributed by atoms with Crippen LogP contribution < -0.4 is 4.74 Å². The summed E-state index contributed by atoms with van der Waals surface area (Å²) in [5.41, 5.74) is 5.16. The van der Waals surface area contributed by atoms with Crippen molar-refractivity contribution in [3.8, 4) is 16.3 Å². The fraction of sp³-hybridized carbons (Fsp3) is 0.370. The van der Waals surface area contributed by atoms with Crippen LogP contribution in [0, 0.1) is 6.92 Å². The summed E-state index contributed by atoms with van der Waals surface area (Å²) in [6.07, 6.45) is 1.14. The number of likely N-dealkylation sites (tertiary alicyclic amines) is 1. The third kappa shape index (κ3) is 5.43. The van der Waals surface area contributed by atoms with E-state index in [0.29, 0.717) is 24.6 Å². The largest absolute Gasteiger partial charge is 0.479 e. The van der Waals surface area contributed by atoms with Crippen LogP contribution >= 0.6 is 11.3 Å². The maximum absolute atomic E-state index is 13.3. The second-order valence-electron chi connectivity index (χ2n) is 9.69. The van der Waals surface area contributed by atoms with Crippen LogP contribution in [0.1, 0.15) is 58.6 Å². The van der Waals surface area contributed by atoms with Crippen LogP contribution in [0.25, 0.3) is 10.4 Å². The van der Waals surface area contributed by atoms with Gasteiger partial charge in [-0.15, -0.1) is 11.3 Å². The van der Waals surface area contributed by atoms with Crippen molar-refractivity contribution in [3.63, 3.8) is 0 Å². The summed E-state index contributed by atoms with van der Waals surface area (Å²) in [4.78, 5) is 42.6. The van der Waals surface area contributed by atoms with Gasteiger partial charge in [-0.05, 0) is 30.1 Å². The fourth-order valence-corrected chi connectivity index (χ4v) is 5.57. The average Bonchev–Trinajstić information content (AvgIpc) is 3.74. The molecule has 0 bridgehead atoms. The number of amides is 2. The smallest absolute Gasteiger partial charge is 0.274 e. The van der Waals surface area contributed by atoms with E-state index in [1.165, 1.54) is 7.11 Å². The van der Waals surface area contributed by atoms with E-state index in [-0.39, 0.29) is 29.9 Å². The summed E-state index contributed by atoms with van der Waals surface area (Å²) >= 11 is 1.60. The van der Waals surface area contributed by atoms with Gasteiger partial charge >= 0.3 is 0 Å². The number of aliphatic hydroxyl groups excluding tert-OH is 1. The lowest BCUT2D eigenvalue weighted by Gasteiger charge is -2.25. The van der Waals surface area contributed by atoms with Gasteiger partial charge in [-0.2, -0.15) is 0 Å². The lowest BCUT2D eigenvalue weighted by Crippen LogP contribution is -2.35. The Morgan fingerprint density at radius 2 is 2.10 bits per heavy atom. The highest BCUT2D eigenvalue weighted by Crippen LogP contribution is 2.34. The maximum atomic E-state index is 13.3. The predicted molar refractivity (Wildman–Crippen MR) is 143 cm³/mol. The zero-order chi connectivity index (χ0) is 27.7. The van der Waals surface area contributed by atoms with E-state index < -0.39 is 18.1 Å². The van der Waals surface area contributed by atoms with Gasteiger partial charge in [-0.25, -0.2) is 9.97 Å². The quantitative estimate of drug-likeness (QED) is 0.340. The Labute approximate surface area is 229 Å². The van der Waals surface area contributed by atoms with Gasteiger partial charge in [0.15, 0.2) is 5.76 Å². The second kappa shape index (κ2) is 11.0. The summed E-state index contributed by atoms with van der Waals surface area (Å²) < 4.78 is 10.3. The van der Waals surface area contributed by atoms with E-state index in [2.05, 4.69) is 20.1 Å². The Balaban J connectivity index is 1.26. The van der Waals surface area contributed by atoms with Crippen LogP contribution in [-0.4, -0.2) is 73.6 Å². The topological polar surface area (TPSA) is 138 Å². The second-order valence-corrected chi connectivity index (χ2v) is 10.5. The number of H-pyrrole nitrogens is 1. The van der Waals surface area contributed by atoms with Gasteiger partial charge in [-0.1, -0.05) is 24.3 Å². The standard InChI is InChI=1S/C27H30N6O5S/c1-15(22-10-23(37-4)31-38-22)26(35)33-13-19(34)9-21(33)25-28-11-20(30-25)27(36)32(3)12-17-5-7-18(8-6-17)24-16(2)29-14-39-24/h5-8,10-11,14-15,19,21,34H,9,12-13H2,1-4H3,(H,28,30)/t15?,19-,21+/m1/s1. The predicted octanol–water partition coefficient (Wildman–Crippen LogP) is 3.55. The molecule has 3 atom stereocenters. The minimum atomic E-state index is -0.709. The Kier molecular flexibility index (Phi) is 7.49. The van der Waals surface area contributed by atoms with Crippen molar-refractivity contribution in [2.75, 3.05) is 20.7 Å². The minimum Gasteiger partial charge on any atom is -0.479 e. The zero-order valence-electron chi connectivity index (χ0n) is 22.1. The number of aliphatic hydroxyl groups is 1. The normalized spacial score (nSPS) is 17.8. The molecule has 0 saturated carbocycles. The first-order valence-corrected chi connectivity index (χ1v) is 13.4. The number of methoxy groups -OCH3 is 1. The molecular weight excluding hydrogens is 520 g/mol. The third-order valence-electron chi connectivity index (χ3n) is 6.94. The number of β-amino-alcohol motifs (C(OH)–C–C–N with tert-alkyl or cyclic N) is 1. The van der Waals surface area contributed by atoms with E-state index in [0.717, 1.165) is 21.7 Å². The molecule has 12 heteroatoms. The van der Waals surface area contributed by atoms with Crippen molar-refractivity contribution in [2.24, 2.45) is 0 Å². The van der Waals surface area contributed by atoms with Gasteiger partial charge in [0, 0.05) is 38.8 Å². The number of aromatic nitrogens is 4. The Bertz CT molecular complexity index is 1460. The third-order valence-corrected chi connectivity index (χ3v) is 7.91. The van der Waals surface area contributed by atoms with Gasteiger partial charge < -0.3 is 29.2 Å². The van der Waals surface area contributed by atoms with E-state index in [9.17, 15) is 14.7 Å². The molecule has 1 unspecified atom stereocenters. The number of nitrogens with one attached hydrogen (secondary N) is 1. The highest BCUT2D eigenvalue weighted by molar-refractivity contribution is 7.13. The SMILES string of the molecule is COc1cc(C(C)C(=O)N2C[C@H](O)C[C@H]2c2nc(C(=O)N(C)Cc3ccc(-c4scnc4C)cc3)c[nH]2)on1. The first-order valence-electron chi connectivity index (χ1n) is 12.5. The molecule has 4 heterocycles. The number of carbonyl (C=O) groups excluding carboxylic acids is 2. The molecule has 1 fully saturated rings. The van der Waals surface area contributed by atoms with Gasteiger partial charge in [0.05, 0.1) is 41.3 Å². The number of thiazole rings is 1. The van der Waals surface area contributed by atoms with E-state index in [4.69, 9.17) is 9.26 Å². The fourth-order valence-electron chi connectivity index (χ4n) is 4.76. The lowest BCUT2D eigenvalue weighted by molar-refractivity contribution is -0.134. The number of benzene rings is 1. The summed E-state index contributed by atoms with van der Waals surface area (Å²) in [7, 11) is 3.19. The molecular formula is C27H30N6O5S. The number of hydrogen-bond donors (Lipinski definition) is 2. The van der Waals surface area contributed by atoms with Gasteiger partial charge in [0.1, 0.15) is 11.5 Å². The Morgan fingerprint density at radius 1 is 1.33 bits per heavy atom. The van der Waals surface area contributed by atoms with Crippen molar-refractivity contribution < 1.29 is 24.0 Å². The molecule has 11 nitrogen and oxygen atoms in total. The zero-order valence-corrected chi connectivity index (χ0v) is 22.9. The van der Waals surface area contributed by atoms with Gasteiger partial charge in [0.25, 0.3) is 11.8 Å². The van der Waals surface area contributed by atoms with Crippen molar-refractivity contribution in [3.05, 3.63) is 70.6 Å². The molecule has 2 N–H and O–H groups in total. The molecule has 39 heavy (non-hydrogen) atoms. The van der Waals surface area contributed by atoms with E-state index >= 15 is 0 Å². The van der Waals surface area contributed by atoms with Crippen molar-refractivity contribution in [1.82, 2.24) is 29.9 Å². The van der Waals surface area contributed by atoms with Crippen molar-refractivity contribution >= 4 is 23.2 Å². The summed E-state index contributed by atoms with van der Waals surface area (Å²) in [5, 5.41) is 14.1. The Morgan fingerprint density at radius 3 is 2.77 bits per heavy atom. The maximum Gasteiger partial charge on any atom is 0.274 e. The van der Waals surface area contributed by atoms with E-state index in [1.54, 1.807) is 47.4 Å². The molecule has 1 aromatic carbocycles. The summed E-state index contributed by atoms with van der Waals surface area (Å²) in [6, 6.07) is 9.14. The number of hydrogen-bond acceptors (Lipinski definition) is 9. The average molecular weight is 551 g/mol. The number of rotatable bonds is 8. The molecule has 4 aromatic rings. The van der Waals surface area contributed by atoms with Gasteiger partial charge in [0.2, 0.25) is 5.91 Å². The molecule has 2 amide bonds. The number of nitrogens with zero attached hydrogens (tertiary/aromatic N) is 5. The molecule has 1 aliphatic heterocycles. The summed E-state index contributed by atoms with van der Waals surface area (Å²) in [6.45, 7) is 4.26. The lowest BCUT2D eigenvalue weighted by atomic mass is 10.1. The number of aryl methyl sites for hydroxylation is 1. The molecule has 5 rings (SSSR count). The molecule has 1 aliphatic rings. The molecule has 0 radical (unpaired) electrons. The molecule has 0 spiro atoms. The molecule has 204 valence electrons.